The van der Waals surface area contributed by atoms with Gasteiger partial charge in [-0.15, -0.1) is 0 Å². The lowest BCUT2D eigenvalue weighted by atomic mass is 10.1. The molecule has 0 aliphatic heterocycles. The minimum Gasteiger partial charge on any atom is -0.393 e. The summed E-state index contributed by atoms with van der Waals surface area (Å²) in [5.41, 5.74) is 0.971. The SMILES string of the molecule is CC(O)CCN(C)c1cccc(F)c1CO. The van der Waals surface area contributed by atoms with Crippen molar-refractivity contribution < 1.29 is 14.6 Å². The van der Waals surface area contributed by atoms with Gasteiger partial charge in [0.25, 0.3) is 0 Å². The number of hydrogen-bond donors (Lipinski definition) is 2. The zero-order valence-electron chi connectivity index (χ0n) is 9.65. The van der Waals surface area contributed by atoms with Gasteiger partial charge in [0.1, 0.15) is 5.82 Å². The summed E-state index contributed by atoms with van der Waals surface area (Å²) in [7, 11) is 1.82. The molecule has 0 spiro atoms. The second kappa shape index (κ2) is 5.82. The molecule has 1 aromatic rings. The lowest BCUT2D eigenvalue weighted by molar-refractivity contribution is 0.187. The van der Waals surface area contributed by atoms with Crippen LogP contribution < -0.4 is 4.90 Å². The van der Waals surface area contributed by atoms with Gasteiger partial charge in [-0.2, -0.15) is 0 Å². The second-order valence-electron chi connectivity index (χ2n) is 3.95. The van der Waals surface area contributed by atoms with Crippen LogP contribution in [0.5, 0.6) is 0 Å². The fraction of sp³-hybridized carbons (Fsp3) is 0.500. The third-order valence-electron chi connectivity index (χ3n) is 2.55. The maximum absolute atomic E-state index is 13.4. The van der Waals surface area contributed by atoms with Crippen molar-refractivity contribution in [1.29, 1.82) is 0 Å². The summed E-state index contributed by atoms with van der Waals surface area (Å²) >= 11 is 0. The number of hydrogen-bond acceptors (Lipinski definition) is 3. The molecule has 0 aromatic heterocycles. The normalized spacial score (nSPS) is 12.6. The molecule has 0 saturated heterocycles. The predicted molar refractivity (Wildman–Crippen MR) is 61.9 cm³/mol. The standard InChI is InChI=1S/C12H18FNO2/c1-9(16)6-7-14(2)12-5-3-4-11(13)10(12)8-15/h3-5,9,15-16H,6-8H2,1-2H3. The number of nitrogens with zero attached hydrogens (tertiary/aromatic N) is 1. The van der Waals surface area contributed by atoms with Crippen molar-refractivity contribution >= 4 is 5.69 Å². The first-order chi connectivity index (χ1) is 7.56. The first kappa shape index (κ1) is 12.9. The average Bonchev–Trinajstić information content (AvgIpc) is 2.25. The Hall–Kier alpha value is -1.13. The van der Waals surface area contributed by atoms with Crippen molar-refractivity contribution in [3.63, 3.8) is 0 Å². The molecule has 0 bridgehead atoms. The van der Waals surface area contributed by atoms with Gasteiger partial charge in [-0.25, -0.2) is 4.39 Å². The molecule has 1 unspecified atom stereocenters. The molecule has 90 valence electrons. The fourth-order valence-corrected chi connectivity index (χ4v) is 1.56. The number of benzene rings is 1. The topological polar surface area (TPSA) is 43.7 Å². The van der Waals surface area contributed by atoms with Crippen molar-refractivity contribution in [2.24, 2.45) is 0 Å². The quantitative estimate of drug-likeness (QED) is 0.801. The third kappa shape index (κ3) is 3.18. The molecule has 2 N–H and O–H groups in total. The van der Waals surface area contributed by atoms with Gasteiger partial charge in [-0.05, 0) is 25.5 Å². The van der Waals surface area contributed by atoms with Gasteiger partial charge in [0, 0.05) is 24.8 Å². The highest BCUT2D eigenvalue weighted by atomic mass is 19.1. The lowest BCUT2D eigenvalue weighted by Crippen LogP contribution is -2.23. The molecule has 0 saturated carbocycles. The monoisotopic (exact) mass is 227 g/mol. The van der Waals surface area contributed by atoms with Crippen LogP contribution in [0, 0.1) is 5.82 Å². The molecule has 16 heavy (non-hydrogen) atoms. The van der Waals surface area contributed by atoms with Crippen molar-refractivity contribution in [2.45, 2.75) is 26.1 Å². The first-order valence-corrected chi connectivity index (χ1v) is 5.33. The highest BCUT2D eigenvalue weighted by molar-refractivity contribution is 5.53. The van der Waals surface area contributed by atoms with Crippen LogP contribution in [0.3, 0.4) is 0 Å². The molecule has 0 fully saturated rings. The molecule has 0 radical (unpaired) electrons. The highest BCUT2D eigenvalue weighted by Gasteiger charge is 2.11. The Morgan fingerprint density at radius 1 is 1.44 bits per heavy atom. The molecule has 0 heterocycles. The maximum atomic E-state index is 13.4. The van der Waals surface area contributed by atoms with E-state index in [1.165, 1.54) is 6.07 Å². The third-order valence-corrected chi connectivity index (χ3v) is 2.55. The molecule has 1 rings (SSSR count). The van der Waals surface area contributed by atoms with Gasteiger partial charge >= 0.3 is 0 Å². The lowest BCUT2D eigenvalue weighted by Gasteiger charge is -2.22. The van der Waals surface area contributed by atoms with Gasteiger partial charge in [-0.1, -0.05) is 6.07 Å². The Balaban J connectivity index is 2.82. The minimum atomic E-state index is -0.399. The van der Waals surface area contributed by atoms with E-state index < -0.39 is 5.82 Å². The van der Waals surface area contributed by atoms with Crippen LogP contribution >= 0.6 is 0 Å². The van der Waals surface area contributed by atoms with E-state index in [4.69, 9.17) is 5.11 Å². The van der Waals surface area contributed by atoms with Gasteiger partial charge in [0.15, 0.2) is 0 Å². The second-order valence-corrected chi connectivity index (χ2v) is 3.95. The number of anilines is 1. The summed E-state index contributed by atoms with van der Waals surface area (Å²) in [6, 6.07) is 4.71. The van der Waals surface area contributed by atoms with Crippen molar-refractivity contribution in [1.82, 2.24) is 0 Å². The number of rotatable bonds is 5. The molecule has 0 aliphatic rings. The Morgan fingerprint density at radius 2 is 2.12 bits per heavy atom. The van der Waals surface area contributed by atoms with Crippen LogP contribution in [0.15, 0.2) is 18.2 Å². The van der Waals surface area contributed by atoms with Crippen LogP contribution in [-0.4, -0.2) is 29.9 Å². The zero-order valence-corrected chi connectivity index (χ0v) is 9.65. The van der Waals surface area contributed by atoms with Crippen LogP contribution in [0.2, 0.25) is 0 Å². The van der Waals surface area contributed by atoms with E-state index in [1.54, 1.807) is 19.1 Å². The molecule has 3 nitrogen and oxygen atoms in total. The summed E-state index contributed by atoms with van der Waals surface area (Å²) in [6.07, 6.45) is 0.228. The smallest absolute Gasteiger partial charge is 0.130 e. The minimum absolute atomic E-state index is 0.301. The van der Waals surface area contributed by atoms with Gasteiger partial charge in [0.05, 0.1) is 12.7 Å². The summed E-state index contributed by atoms with van der Waals surface area (Å²) in [6.45, 7) is 2.02. The van der Waals surface area contributed by atoms with Gasteiger partial charge < -0.3 is 15.1 Å². The molecule has 4 heteroatoms. The Labute approximate surface area is 95.1 Å². The van der Waals surface area contributed by atoms with Crippen LogP contribution in [0.1, 0.15) is 18.9 Å². The number of aliphatic hydroxyl groups excluding tert-OH is 2. The van der Waals surface area contributed by atoms with E-state index in [2.05, 4.69) is 0 Å². The summed E-state index contributed by atoms with van der Waals surface area (Å²) in [4.78, 5) is 1.83. The van der Waals surface area contributed by atoms with Gasteiger partial charge in [-0.3, -0.25) is 0 Å². The van der Waals surface area contributed by atoms with E-state index in [0.29, 0.717) is 24.2 Å². The molecular weight excluding hydrogens is 209 g/mol. The Kier molecular flexibility index (Phi) is 4.71. The number of halogens is 1. The molecule has 0 amide bonds. The Bertz CT molecular complexity index is 342. The van der Waals surface area contributed by atoms with Crippen molar-refractivity contribution in [2.75, 3.05) is 18.5 Å². The molecular formula is C12H18FNO2. The van der Waals surface area contributed by atoms with E-state index >= 15 is 0 Å². The van der Waals surface area contributed by atoms with Crippen LogP contribution in [0.4, 0.5) is 10.1 Å². The molecule has 1 atom stereocenters. The van der Waals surface area contributed by atoms with E-state index in [9.17, 15) is 9.50 Å². The predicted octanol–water partition coefficient (Wildman–Crippen LogP) is 1.53. The van der Waals surface area contributed by atoms with Crippen LogP contribution in [0.25, 0.3) is 0 Å². The van der Waals surface area contributed by atoms with E-state index in [-0.39, 0.29) is 12.7 Å². The molecule has 0 aliphatic carbocycles. The van der Waals surface area contributed by atoms with E-state index in [0.717, 1.165) is 0 Å². The highest BCUT2D eigenvalue weighted by Crippen LogP contribution is 2.22. The summed E-state index contributed by atoms with van der Waals surface area (Å²) in [5.74, 6) is -0.399. The first-order valence-electron chi connectivity index (χ1n) is 5.33. The Morgan fingerprint density at radius 3 is 2.69 bits per heavy atom. The zero-order chi connectivity index (χ0) is 12.1. The fourth-order valence-electron chi connectivity index (χ4n) is 1.56. The molecule has 1 aromatic carbocycles. The van der Waals surface area contributed by atoms with Crippen LogP contribution in [-0.2, 0) is 6.61 Å². The van der Waals surface area contributed by atoms with Crippen molar-refractivity contribution in [3.05, 3.63) is 29.6 Å². The average molecular weight is 227 g/mol. The summed E-state index contributed by atoms with van der Waals surface area (Å²) in [5, 5.41) is 18.3. The van der Waals surface area contributed by atoms with E-state index in [1.807, 2.05) is 11.9 Å². The summed E-state index contributed by atoms with van der Waals surface area (Å²) < 4.78 is 13.4. The number of aliphatic hydroxyl groups is 2. The van der Waals surface area contributed by atoms with Crippen molar-refractivity contribution in [3.8, 4) is 0 Å². The largest absolute Gasteiger partial charge is 0.393 e. The maximum Gasteiger partial charge on any atom is 0.130 e. The van der Waals surface area contributed by atoms with Gasteiger partial charge in [0.2, 0.25) is 0 Å².